The number of aromatic nitrogens is 1. The molecule has 0 saturated carbocycles. The fraction of sp³-hybridized carbons (Fsp3) is 0.714. The molecule has 148 valence electrons. The Labute approximate surface area is 162 Å². The number of hydrogen-bond acceptors (Lipinski definition) is 5. The molecule has 1 aromatic heterocycles. The van der Waals surface area contributed by atoms with Crippen LogP contribution in [0, 0.1) is 12.8 Å². The van der Waals surface area contributed by atoms with Crippen LogP contribution < -0.4 is 4.90 Å². The lowest BCUT2D eigenvalue weighted by atomic mass is 9.93. The monoisotopic (exact) mass is 372 g/mol. The zero-order valence-electron chi connectivity index (χ0n) is 16.5. The van der Waals surface area contributed by atoms with Crippen LogP contribution >= 0.6 is 0 Å². The van der Waals surface area contributed by atoms with E-state index in [1.54, 1.807) is 0 Å². The van der Waals surface area contributed by atoms with Crippen molar-refractivity contribution < 1.29 is 9.53 Å². The number of amides is 1. The SMILES string of the molecule is Cc1cccc(N2CCN(C(=O)[C@@H]3CCCN(C4CCOCC4)C3)CC2)n1. The van der Waals surface area contributed by atoms with Gasteiger partial charge in [0, 0.05) is 57.7 Å². The number of carbonyl (C=O) groups excluding carboxylic acids is 1. The summed E-state index contributed by atoms with van der Waals surface area (Å²) in [7, 11) is 0. The maximum atomic E-state index is 13.1. The van der Waals surface area contributed by atoms with Crippen molar-refractivity contribution >= 4 is 11.7 Å². The van der Waals surface area contributed by atoms with E-state index in [-0.39, 0.29) is 5.92 Å². The van der Waals surface area contributed by atoms with Gasteiger partial charge in [-0.2, -0.15) is 0 Å². The van der Waals surface area contributed by atoms with Gasteiger partial charge in [-0.05, 0) is 51.3 Å². The standard InChI is InChI=1S/C21H32N4O2/c1-17-4-2-6-20(22-17)23-10-12-24(13-11-23)21(26)18-5-3-9-25(16-18)19-7-14-27-15-8-19/h2,4,6,18-19H,3,5,7-16H2,1H3/t18-/m1/s1. The van der Waals surface area contributed by atoms with Crippen molar-refractivity contribution in [3.63, 3.8) is 0 Å². The van der Waals surface area contributed by atoms with Crippen LogP contribution in [-0.2, 0) is 9.53 Å². The van der Waals surface area contributed by atoms with E-state index in [0.717, 1.165) is 89.7 Å². The highest BCUT2D eigenvalue weighted by atomic mass is 16.5. The van der Waals surface area contributed by atoms with Crippen molar-refractivity contribution in [2.45, 2.75) is 38.6 Å². The third-order valence-electron chi connectivity index (χ3n) is 6.30. The largest absolute Gasteiger partial charge is 0.381 e. The fourth-order valence-electron chi connectivity index (χ4n) is 4.71. The number of ether oxygens (including phenoxy) is 1. The summed E-state index contributed by atoms with van der Waals surface area (Å²) < 4.78 is 5.50. The molecule has 0 unspecified atom stereocenters. The van der Waals surface area contributed by atoms with Crippen LogP contribution in [0.5, 0.6) is 0 Å². The molecule has 3 aliphatic rings. The molecule has 1 amide bonds. The topological polar surface area (TPSA) is 48.9 Å². The Morgan fingerprint density at radius 2 is 1.85 bits per heavy atom. The molecule has 27 heavy (non-hydrogen) atoms. The van der Waals surface area contributed by atoms with Crippen LogP contribution in [0.15, 0.2) is 18.2 Å². The molecule has 4 rings (SSSR count). The number of hydrogen-bond donors (Lipinski definition) is 0. The van der Waals surface area contributed by atoms with Crippen LogP contribution in [0.3, 0.4) is 0 Å². The molecule has 0 radical (unpaired) electrons. The molecule has 0 aliphatic carbocycles. The minimum absolute atomic E-state index is 0.172. The summed E-state index contributed by atoms with van der Waals surface area (Å²) in [6.45, 7) is 9.20. The van der Waals surface area contributed by atoms with E-state index in [1.807, 2.05) is 13.0 Å². The quantitative estimate of drug-likeness (QED) is 0.811. The maximum Gasteiger partial charge on any atom is 0.227 e. The smallest absolute Gasteiger partial charge is 0.227 e. The van der Waals surface area contributed by atoms with E-state index in [4.69, 9.17) is 4.74 Å². The second-order valence-electron chi connectivity index (χ2n) is 8.13. The minimum atomic E-state index is 0.172. The van der Waals surface area contributed by atoms with E-state index in [0.29, 0.717) is 11.9 Å². The van der Waals surface area contributed by atoms with Gasteiger partial charge in [0.1, 0.15) is 5.82 Å². The van der Waals surface area contributed by atoms with E-state index in [2.05, 4.69) is 31.8 Å². The summed E-state index contributed by atoms with van der Waals surface area (Å²) in [5.74, 6) is 1.57. The summed E-state index contributed by atoms with van der Waals surface area (Å²) in [4.78, 5) is 24.7. The lowest BCUT2D eigenvalue weighted by molar-refractivity contribution is -0.138. The van der Waals surface area contributed by atoms with Crippen molar-refractivity contribution in [1.29, 1.82) is 0 Å². The number of likely N-dealkylation sites (tertiary alicyclic amines) is 1. The highest BCUT2D eigenvalue weighted by Crippen LogP contribution is 2.25. The van der Waals surface area contributed by atoms with Gasteiger partial charge in [0.15, 0.2) is 0 Å². The van der Waals surface area contributed by atoms with Gasteiger partial charge < -0.3 is 14.5 Å². The molecule has 0 aromatic carbocycles. The Morgan fingerprint density at radius 1 is 1.07 bits per heavy atom. The van der Waals surface area contributed by atoms with E-state index in [9.17, 15) is 4.79 Å². The number of anilines is 1. The summed E-state index contributed by atoms with van der Waals surface area (Å²) in [6, 6.07) is 6.76. The van der Waals surface area contributed by atoms with Crippen molar-refractivity contribution in [3.05, 3.63) is 23.9 Å². The molecule has 6 heteroatoms. The molecule has 0 N–H and O–H groups in total. The van der Waals surface area contributed by atoms with E-state index >= 15 is 0 Å². The molecule has 3 saturated heterocycles. The second-order valence-corrected chi connectivity index (χ2v) is 8.13. The number of piperazine rings is 1. The fourth-order valence-corrected chi connectivity index (χ4v) is 4.71. The molecule has 0 bridgehead atoms. The van der Waals surface area contributed by atoms with E-state index < -0.39 is 0 Å². The second kappa shape index (κ2) is 8.57. The van der Waals surface area contributed by atoms with Gasteiger partial charge in [0.2, 0.25) is 5.91 Å². The van der Waals surface area contributed by atoms with E-state index in [1.165, 1.54) is 0 Å². The predicted molar refractivity (Wildman–Crippen MR) is 106 cm³/mol. The molecule has 1 atom stereocenters. The average molecular weight is 373 g/mol. The Balaban J connectivity index is 1.31. The van der Waals surface area contributed by atoms with Crippen LogP contribution in [0.1, 0.15) is 31.4 Å². The third-order valence-corrected chi connectivity index (χ3v) is 6.30. The molecule has 1 aromatic rings. The number of aryl methyl sites for hydroxylation is 1. The summed E-state index contributed by atoms with van der Waals surface area (Å²) in [5, 5.41) is 0. The number of carbonyl (C=O) groups is 1. The molecule has 3 aliphatic heterocycles. The molecule has 4 heterocycles. The summed E-state index contributed by atoms with van der Waals surface area (Å²) in [6.07, 6.45) is 4.41. The zero-order chi connectivity index (χ0) is 18.6. The first-order valence-corrected chi connectivity index (χ1v) is 10.5. The van der Waals surface area contributed by atoms with Crippen LogP contribution in [-0.4, -0.2) is 79.2 Å². The van der Waals surface area contributed by atoms with Crippen molar-refractivity contribution in [3.8, 4) is 0 Å². The van der Waals surface area contributed by atoms with Crippen molar-refractivity contribution in [2.75, 3.05) is 57.4 Å². The van der Waals surface area contributed by atoms with Crippen molar-refractivity contribution in [1.82, 2.24) is 14.8 Å². The molecule has 3 fully saturated rings. The lowest BCUT2D eigenvalue weighted by Gasteiger charge is -2.42. The normalized spacial score (nSPS) is 25.6. The first-order chi connectivity index (χ1) is 13.2. The summed E-state index contributed by atoms with van der Waals surface area (Å²) in [5.41, 5.74) is 1.04. The van der Waals surface area contributed by atoms with Gasteiger partial charge in [-0.25, -0.2) is 4.98 Å². The molecular weight excluding hydrogens is 340 g/mol. The Hall–Kier alpha value is -1.66. The highest BCUT2D eigenvalue weighted by molar-refractivity contribution is 5.79. The van der Waals surface area contributed by atoms with Gasteiger partial charge in [-0.1, -0.05) is 6.07 Å². The van der Waals surface area contributed by atoms with Gasteiger partial charge in [0.25, 0.3) is 0 Å². The third kappa shape index (κ3) is 4.43. The summed E-state index contributed by atoms with van der Waals surface area (Å²) >= 11 is 0. The Morgan fingerprint density at radius 3 is 2.59 bits per heavy atom. The molecule has 0 spiro atoms. The Kier molecular flexibility index (Phi) is 5.93. The highest BCUT2D eigenvalue weighted by Gasteiger charge is 2.33. The van der Waals surface area contributed by atoms with Crippen LogP contribution in [0.4, 0.5) is 5.82 Å². The van der Waals surface area contributed by atoms with Gasteiger partial charge in [0.05, 0.1) is 5.92 Å². The maximum absolute atomic E-state index is 13.1. The van der Waals surface area contributed by atoms with Crippen molar-refractivity contribution in [2.24, 2.45) is 5.92 Å². The number of piperidine rings is 1. The lowest BCUT2D eigenvalue weighted by Crippen LogP contribution is -2.54. The van der Waals surface area contributed by atoms with Crippen LogP contribution in [0.2, 0.25) is 0 Å². The molecule has 6 nitrogen and oxygen atoms in total. The van der Waals surface area contributed by atoms with Crippen LogP contribution in [0.25, 0.3) is 0 Å². The number of pyridine rings is 1. The zero-order valence-corrected chi connectivity index (χ0v) is 16.5. The first-order valence-electron chi connectivity index (χ1n) is 10.5. The number of nitrogens with zero attached hydrogens (tertiary/aromatic N) is 4. The number of rotatable bonds is 3. The Bertz CT molecular complexity index is 639. The predicted octanol–water partition coefficient (Wildman–Crippen LogP) is 1.93. The van der Waals surface area contributed by atoms with Gasteiger partial charge in [-0.3, -0.25) is 9.69 Å². The average Bonchev–Trinajstić information content (AvgIpc) is 2.74. The molecular formula is C21H32N4O2. The van der Waals surface area contributed by atoms with Gasteiger partial charge >= 0.3 is 0 Å². The first kappa shape index (κ1) is 18.7. The minimum Gasteiger partial charge on any atom is -0.381 e. The van der Waals surface area contributed by atoms with Gasteiger partial charge in [-0.15, -0.1) is 0 Å².